The van der Waals surface area contributed by atoms with Gasteiger partial charge in [0.1, 0.15) is 5.83 Å². The van der Waals surface area contributed by atoms with Crippen molar-refractivity contribution in [2.75, 3.05) is 4.90 Å². The molecule has 0 spiro atoms. The Morgan fingerprint density at radius 2 is 2.04 bits per heavy atom. The summed E-state index contributed by atoms with van der Waals surface area (Å²) in [6.45, 7) is 0. The van der Waals surface area contributed by atoms with Crippen LogP contribution in [0.25, 0.3) is 0 Å². The number of hydrogen-bond donors (Lipinski definition) is 1. The number of hydrogen-bond acceptors (Lipinski definition) is 3. The van der Waals surface area contributed by atoms with Crippen LogP contribution in [0, 0.1) is 9.49 Å². The van der Waals surface area contributed by atoms with Gasteiger partial charge in [-0.25, -0.2) is 14.3 Å². The average Bonchev–Trinajstić information content (AvgIpc) is 2.65. The maximum atomic E-state index is 13.7. The Morgan fingerprint density at radius 1 is 1.23 bits per heavy atom. The maximum Gasteiger partial charge on any atom is 0.243 e. The molecule has 1 amide bonds. The normalized spacial score (nSPS) is 21.0. The maximum absolute atomic E-state index is 13.7. The van der Waals surface area contributed by atoms with Crippen molar-refractivity contribution in [2.45, 2.75) is 6.42 Å². The summed E-state index contributed by atoms with van der Waals surface area (Å²) < 4.78 is 14.8. The molecule has 2 heterocycles. The fourth-order valence-electron chi connectivity index (χ4n) is 2.92. The zero-order valence-corrected chi connectivity index (χ0v) is 15.7. The SMILES string of the molecule is O=C1C2CC(F)=CC=C2NC(=Nc2cccnc2)N1c1ccc(I)cc1. The third kappa shape index (κ3) is 3.26. The zero-order valence-electron chi connectivity index (χ0n) is 13.6. The molecule has 0 bridgehead atoms. The molecular weight excluding hydrogens is 446 g/mol. The number of nitrogens with one attached hydrogen (secondary N) is 1. The number of anilines is 1. The third-order valence-corrected chi connectivity index (χ3v) is 4.89. The minimum absolute atomic E-state index is 0.0543. The van der Waals surface area contributed by atoms with E-state index in [2.05, 4.69) is 37.9 Å². The van der Waals surface area contributed by atoms with Crippen LogP contribution in [0.3, 0.4) is 0 Å². The van der Waals surface area contributed by atoms with Gasteiger partial charge in [0.2, 0.25) is 11.9 Å². The first-order valence-corrected chi connectivity index (χ1v) is 9.11. The van der Waals surface area contributed by atoms with Crippen LogP contribution >= 0.6 is 22.6 Å². The van der Waals surface area contributed by atoms with Crippen LogP contribution in [0.5, 0.6) is 0 Å². The largest absolute Gasteiger partial charge is 0.328 e. The van der Waals surface area contributed by atoms with Gasteiger partial charge in [0.15, 0.2) is 0 Å². The Balaban J connectivity index is 1.80. The Kier molecular flexibility index (Phi) is 4.54. The molecule has 1 aliphatic carbocycles. The first-order valence-electron chi connectivity index (χ1n) is 8.03. The highest BCUT2D eigenvalue weighted by Gasteiger charge is 2.39. The summed E-state index contributed by atoms with van der Waals surface area (Å²) in [5.74, 6) is -0.708. The highest BCUT2D eigenvalue weighted by molar-refractivity contribution is 14.1. The van der Waals surface area contributed by atoms with Crippen molar-refractivity contribution in [2.24, 2.45) is 10.9 Å². The average molecular weight is 460 g/mol. The minimum atomic E-state index is -0.577. The monoisotopic (exact) mass is 460 g/mol. The Labute approximate surface area is 163 Å². The number of carbonyl (C=O) groups excluding carboxylic acids is 1. The standard InChI is InChI=1S/C19H14FIN4O/c20-12-3-8-17-16(10-12)18(26)25(15-6-4-13(21)5-7-15)19(24-17)23-14-2-1-9-22-11-14/h1-9,11,16H,10H2,(H,23,24). The second-order valence-corrected chi connectivity index (χ2v) is 7.16. The van der Waals surface area contributed by atoms with E-state index in [1.54, 1.807) is 30.6 Å². The molecule has 1 atom stereocenters. The summed E-state index contributed by atoms with van der Waals surface area (Å²) in [6, 6.07) is 11.1. The van der Waals surface area contributed by atoms with Crippen molar-refractivity contribution in [3.05, 3.63) is 76.0 Å². The minimum Gasteiger partial charge on any atom is -0.328 e. The van der Waals surface area contributed by atoms with Crippen LogP contribution in [0.1, 0.15) is 6.42 Å². The van der Waals surface area contributed by atoms with Gasteiger partial charge in [-0.2, -0.15) is 0 Å². The van der Waals surface area contributed by atoms with Gasteiger partial charge >= 0.3 is 0 Å². The number of rotatable bonds is 2. The van der Waals surface area contributed by atoms with Gasteiger partial charge in [-0.05, 0) is 71.1 Å². The summed E-state index contributed by atoms with van der Waals surface area (Å²) >= 11 is 2.21. The molecule has 1 aromatic carbocycles. The molecule has 4 rings (SSSR count). The van der Waals surface area contributed by atoms with Crippen LogP contribution in [-0.4, -0.2) is 16.9 Å². The number of guanidine groups is 1. The molecule has 1 aromatic heterocycles. The quantitative estimate of drug-likeness (QED) is 0.688. The van der Waals surface area contributed by atoms with Crippen molar-refractivity contribution >= 4 is 45.8 Å². The van der Waals surface area contributed by atoms with Crippen molar-refractivity contribution < 1.29 is 9.18 Å². The molecule has 1 N–H and O–H groups in total. The molecule has 1 unspecified atom stereocenters. The number of aromatic nitrogens is 1. The molecule has 26 heavy (non-hydrogen) atoms. The van der Waals surface area contributed by atoms with E-state index in [1.165, 1.54) is 11.0 Å². The van der Waals surface area contributed by atoms with Gasteiger partial charge in [0, 0.05) is 21.9 Å². The van der Waals surface area contributed by atoms with Gasteiger partial charge in [-0.15, -0.1) is 0 Å². The second-order valence-electron chi connectivity index (χ2n) is 5.91. The van der Waals surface area contributed by atoms with Crippen LogP contribution in [0.4, 0.5) is 15.8 Å². The van der Waals surface area contributed by atoms with E-state index in [4.69, 9.17) is 0 Å². The van der Waals surface area contributed by atoms with E-state index < -0.39 is 5.92 Å². The predicted molar refractivity (Wildman–Crippen MR) is 106 cm³/mol. The van der Waals surface area contributed by atoms with E-state index in [-0.39, 0.29) is 18.2 Å². The highest BCUT2D eigenvalue weighted by atomic mass is 127. The first-order chi connectivity index (χ1) is 12.6. The molecule has 2 aromatic rings. The molecule has 0 saturated carbocycles. The Hall–Kier alpha value is -2.55. The Morgan fingerprint density at radius 3 is 2.77 bits per heavy atom. The summed E-state index contributed by atoms with van der Waals surface area (Å²) in [7, 11) is 0. The molecule has 1 saturated heterocycles. The number of carbonyl (C=O) groups is 1. The zero-order chi connectivity index (χ0) is 18.1. The van der Waals surface area contributed by atoms with Crippen molar-refractivity contribution in [3.63, 3.8) is 0 Å². The van der Waals surface area contributed by atoms with Gasteiger partial charge in [0.05, 0.1) is 23.5 Å². The molecule has 7 heteroatoms. The predicted octanol–water partition coefficient (Wildman–Crippen LogP) is 4.07. The Bertz CT molecular complexity index is 938. The summed E-state index contributed by atoms with van der Waals surface area (Å²) in [5.41, 5.74) is 1.95. The summed E-state index contributed by atoms with van der Waals surface area (Å²) in [6.07, 6.45) is 6.32. The number of allylic oxidation sites excluding steroid dienone is 3. The van der Waals surface area contributed by atoms with E-state index in [9.17, 15) is 9.18 Å². The number of amides is 1. The highest BCUT2D eigenvalue weighted by Crippen LogP contribution is 2.32. The summed E-state index contributed by atoms with van der Waals surface area (Å²) in [5, 5.41) is 3.19. The van der Waals surface area contributed by atoms with Crippen molar-refractivity contribution in [1.82, 2.24) is 10.3 Å². The first kappa shape index (κ1) is 16.9. The van der Waals surface area contributed by atoms with Crippen molar-refractivity contribution in [3.8, 4) is 0 Å². The molecule has 130 valence electrons. The van der Waals surface area contributed by atoms with Crippen LogP contribution in [0.2, 0.25) is 0 Å². The number of pyridine rings is 1. The van der Waals surface area contributed by atoms with Crippen LogP contribution in [0.15, 0.2) is 77.5 Å². The summed E-state index contributed by atoms with van der Waals surface area (Å²) in [4.78, 5) is 23.3. The third-order valence-electron chi connectivity index (χ3n) is 4.17. The molecule has 0 radical (unpaired) electrons. The lowest BCUT2D eigenvalue weighted by Crippen LogP contribution is -2.55. The number of nitrogens with zero attached hydrogens (tertiary/aromatic N) is 3. The van der Waals surface area contributed by atoms with Gasteiger partial charge < -0.3 is 5.32 Å². The fourth-order valence-corrected chi connectivity index (χ4v) is 3.28. The molecule has 1 fully saturated rings. The van der Waals surface area contributed by atoms with Crippen LogP contribution in [-0.2, 0) is 4.79 Å². The lowest BCUT2D eigenvalue weighted by Gasteiger charge is -2.36. The van der Waals surface area contributed by atoms with E-state index >= 15 is 0 Å². The van der Waals surface area contributed by atoms with Crippen molar-refractivity contribution in [1.29, 1.82) is 0 Å². The molecule has 2 aliphatic rings. The number of fused-ring (bicyclic) bond motifs is 1. The smallest absolute Gasteiger partial charge is 0.243 e. The van der Waals surface area contributed by atoms with Gasteiger partial charge in [-0.1, -0.05) is 0 Å². The van der Waals surface area contributed by atoms with E-state index in [0.29, 0.717) is 23.0 Å². The fraction of sp³-hybridized carbons (Fsp3) is 0.105. The lowest BCUT2D eigenvalue weighted by atomic mass is 9.92. The van der Waals surface area contributed by atoms with Gasteiger partial charge in [0.25, 0.3) is 0 Å². The number of benzene rings is 1. The topological polar surface area (TPSA) is 57.6 Å². The van der Waals surface area contributed by atoms with E-state index in [0.717, 1.165) is 3.57 Å². The number of halogens is 2. The lowest BCUT2D eigenvalue weighted by molar-refractivity contribution is -0.121. The van der Waals surface area contributed by atoms with E-state index in [1.807, 2.05) is 24.3 Å². The molecule has 1 aliphatic heterocycles. The second kappa shape index (κ2) is 6.99. The molecule has 5 nitrogen and oxygen atoms in total. The number of aliphatic imine (C=N–C) groups is 1. The van der Waals surface area contributed by atoms with Crippen LogP contribution < -0.4 is 10.2 Å². The van der Waals surface area contributed by atoms with Gasteiger partial charge in [-0.3, -0.25) is 9.78 Å². The molecular formula is C19H14FIN4O.